The number of hydrogen-bond acceptors (Lipinski definition) is 3. The smallest absolute Gasteiger partial charge is 0.219 e. The van der Waals surface area contributed by atoms with Crippen molar-refractivity contribution in [3.05, 3.63) is 42.0 Å². The molecule has 0 atom stereocenters. The van der Waals surface area contributed by atoms with Crippen LogP contribution in [0.5, 0.6) is 5.75 Å². The van der Waals surface area contributed by atoms with E-state index in [0.29, 0.717) is 6.54 Å². The van der Waals surface area contributed by atoms with E-state index in [4.69, 9.17) is 4.74 Å². The van der Waals surface area contributed by atoms with Crippen LogP contribution in [0.1, 0.15) is 31.7 Å². The molecule has 0 aliphatic carbocycles. The van der Waals surface area contributed by atoms with E-state index < -0.39 is 0 Å². The molecular weight excluding hydrogens is 312 g/mol. The van der Waals surface area contributed by atoms with Crippen LogP contribution in [-0.2, 0) is 11.3 Å². The van der Waals surface area contributed by atoms with E-state index in [1.807, 2.05) is 23.1 Å². The molecule has 0 radical (unpaired) electrons. The molecule has 0 N–H and O–H groups in total. The lowest BCUT2D eigenvalue weighted by atomic mass is 10.0. The van der Waals surface area contributed by atoms with Crippen LogP contribution in [0.25, 0.3) is 10.8 Å². The van der Waals surface area contributed by atoms with Crippen molar-refractivity contribution in [3.63, 3.8) is 0 Å². The molecular formula is C21H28N2O2. The molecule has 1 aliphatic heterocycles. The third-order valence-electron chi connectivity index (χ3n) is 5.14. The van der Waals surface area contributed by atoms with E-state index in [1.165, 1.54) is 24.8 Å². The molecule has 0 spiro atoms. The average molecular weight is 340 g/mol. The number of likely N-dealkylation sites (tertiary alicyclic amines) is 1. The minimum Gasteiger partial charge on any atom is -0.496 e. The largest absolute Gasteiger partial charge is 0.496 e. The molecule has 4 nitrogen and oxygen atoms in total. The monoisotopic (exact) mass is 340 g/mol. The van der Waals surface area contributed by atoms with Crippen molar-refractivity contribution >= 4 is 16.7 Å². The van der Waals surface area contributed by atoms with Gasteiger partial charge in [0.1, 0.15) is 5.75 Å². The van der Waals surface area contributed by atoms with Gasteiger partial charge in [0.05, 0.1) is 7.11 Å². The highest BCUT2D eigenvalue weighted by atomic mass is 16.5. The SMILES string of the molecule is COc1ccc(CN(CCN2CCCCC2)C(C)=O)c2ccccc12. The van der Waals surface area contributed by atoms with Gasteiger partial charge in [-0.2, -0.15) is 0 Å². The summed E-state index contributed by atoms with van der Waals surface area (Å²) < 4.78 is 5.47. The zero-order valence-electron chi connectivity index (χ0n) is 15.3. The Bertz CT molecular complexity index is 723. The average Bonchev–Trinajstić information content (AvgIpc) is 2.65. The molecule has 2 aromatic carbocycles. The van der Waals surface area contributed by atoms with Crippen molar-refractivity contribution in [2.24, 2.45) is 0 Å². The van der Waals surface area contributed by atoms with E-state index in [9.17, 15) is 4.79 Å². The lowest BCUT2D eigenvalue weighted by molar-refractivity contribution is -0.129. The summed E-state index contributed by atoms with van der Waals surface area (Å²) in [6.45, 7) is 6.40. The van der Waals surface area contributed by atoms with Gasteiger partial charge in [0.2, 0.25) is 5.91 Å². The first kappa shape index (κ1) is 17.7. The Kier molecular flexibility index (Phi) is 5.92. The topological polar surface area (TPSA) is 32.8 Å². The summed E-state index contributed by atoms with van der Waals surface area (Å²) in [6, 6.07) is 12.3. The molecule has 1 heterocycles. The molecule has 0 bridgehead atoms. The van der Waals surface area contributed by atoms with E-state index in [2.05, 4.69) is 23.1 Å². The fourth-order valence-corrected chi connectivity index (χ4v) is 3.65. The molecule has 134 valence electrons. The Morgan fingerprint density at radius 2 is 1.80 bits per heavy atom. The Morgan fingerprint density at radius 3 is 2.48 bits per heavy atom. The standard InChI is InChI=1S/C21H28N2O2/c1-17(24)23(15-14-22-12-6-3-7-13-22)16-18-10-11-21(25-2)20-9-5-4-8-19(18)20/h4-5,8-11H,3,6-7,12-16H2,1-2H3. The number of piperidine rings is 1. The van der Waals surface area contributed by atoms with Crippen molar-refractivity contribution in [1.82, 2.24) is 9.80 Å². The van der Waals surface area contributed by atoms with Gasteiger partial charge in [-0.05, 0) is 42.9 Å². The summed E-state index contributed by atoms with van der Waals surface area (Å²) in [6.07, 6.45) is 3.90. The van der Waals surface area contributed by atoms with Gasteiger partial charge in [0.15, 0.2) is 0 Å². The highest BCUT2D eigenvalue weighted by molar-refractivity contribution is 5.91. The van der Waals surface area contributed by atoms with E-state index in [-0.39, 0.29) is 5.91 Å². The fourth-order valence-electron chi connectivity index (χ4n) is 3.65. The van der Waals surface area contributed by atoms with Gasteiger partial charge in [0, 0.05) is 31.9 Å². The molecule has 4 heteroatoms. The van der Waals surface area contributed by atoms with Crippen molar-refractivity contribution in [3.8, 4) is 5.75 Å². The summed E-state index contributed by atoms with van der Waals surface area (Å²) in [7, 11) is 1.70. The highest BCUT2D eigenvalue weighted by Gasteiger charge is 2.16. The van der Waals surface area contributed by atoms with Gasteiger partial charge >= 0.3 is 0 Å². The zero-order chi connectivity index (χ0) is 17.6. The van der Waals surface area contributed by atoms with Crippen molar-refractivity contribution in [2.75, 3.05) is 33.3 Å². The number of ether oxygens (including phenoxy) is 1. The number of carbonyl (C=O) groups is 1. The third kappa shape index (κ3) is 4.31. The van der Waals surface area contributed by atoms with Crippen LogP contribution >= 0.6 is 0 Å². The van der Waals surface area contributed by atoms with Crippen molar-refractivity contribution in [2.45, 2.75) is 32.7 Å². The lowest BCUT2D eigenvalue weighted by Gasteiger charge is -2.30. The second-order valence-electron chi connectivity index (χ2n) is 6.82. The minimum absolute atomic E-state index is 0.136. The highest BCUT2D eigenvalue weighted by Crippen LogP contribution is 2.29. The first-order chi connectivity index (χ1) is 12.2. The van der Waals surface area contributed by atoms with E-state index in [0.717, 1.165) is 42.7 Å². The predicted molar refractivity (Wildman–Crippen MR) is 102 cm³/mol. The van der Waals surface area contributed by atoms with Crippen LogP contribution in [0.2, 0.25) is 0 Å². The van der Waals surface area contributed by atoms with Gasteiger partial charge in [0.25, 0.3) is 0 Å². The second kappa shape index (κ2) is 8.34. The van der Waals surface area contributed by atoms with Gasteiger partial charge in [-0.1, -0.05) is 36.8 Å². The molecule has 1 saturated heterocycles. The first-order valence-electron chi connectivity index (χ1n) is 9.21. The lowest BCUT2D eigenvalue weighted by Crippen LogP contribution is -2.39. The van der Waals surface area contributed by atoms with Gasteiger partial charge in [-0.15, -0.1) is 0 Å². The van der Waals surface area contributed by atoms with Crippen LogP contribution in [-0.4, -0.2) is 49.0 Å². The van der Waals surface area contributed by atoms with Gasteiger partial charge in [-0.3, -0.25) is 4.79 Å². The fraction of sp³-hybridized carbons (Fsp3) is 0.476. The number of rotatable bonds is 6. The Balaban J connectivity index is 1.76. The molecule has 3 rings (SSSR count). The number of methoxy groups -OCH3 is 1. The number of fused-ring (bicyclic) bond motifs is 1. The molecule has 1 fully saturated rings. The van der Waals surface area contributed by atoms with Crippen LogP contribution in [0.4, 0.5) is 0 Å². The normalized spacial score (nSPS) is 15.3. The summed E-state index contributed by atoms with van der Waals surface area (Å²) in [5.41, 5.74) is 1.17. The Hall–Kier alpha value is -2.07. The second-order valence-corrected chi connectivity index (χ2v) is 6.82. The molecule has 0 saturated carbocycles. The Morgan fingerprint density at radius 1 is 1.08 bits per heavy atom. The number of carbonyl (C=O) groups excluding carboxylic acids is 1. The van der Waals surface area contributed by atoms with Crippen molar-refractivity contribution < 1.29 is 9.53 Å². The molecule has 1 aliphatic rings. The van der Waals surface area contributed by atoms with Gasteiger partial charge < -0.3 is 14.5 Å². The summed E-state index contributed by atoms with van der Waals surface area (Å²) >= 11 is 0. The maximum absolute atomic E-state index is 12.2. The van der Waals surface area contributed by atoms with E-state index >= 15 is 0 Å². The molecule has 1 amide bonds. The summed E-state index contributed by atoms with van der Waals surface area (Å²) in [5, 5.41) is 2.26. The maximum Gasteiger partial charge on any atom is 0.219 e. The number of amides is 1. The van der Waals surface area contributed by atoms with Crippen LogP contribution in [0.3, 0.4) is 0 Å². The number of hydrogen-bond donors (Lipinski definition) is 0. The van der Waals surface area contributed by atoms with Crippen molar-refractivity contribution in [1.29, 1.82) is 0 Å². The van der Waals surface area contributed by atoms with Crippen LogP contribution in [0.15, 0.2) is 36.4 Å². The number of nitrogens with zero attached hydrogens (tertiary/aromatic N) is 2. The number of benzene rings is 2. The summed E-state index contributed by atoms with van der Waals surface area (Å²) in [4.78, 5) is 16.6. The molecule has 2 aromatic rings. The molecule has 25 heavy (non-hydrogen) atoms. The first-order valence-corrected chi connectivity index (χ1v) is 9.21. The van der Waals surface area contributed by atoms with Gasteiger partial charge in [-0.25, -0.2) is 0 Å². The Labute approximate surface area is 150 Å². The quantitative estimate of drug-likeness (QED) is 0.804. The molecule has 0 unspecified atom stereocenters. The minimum atomic E-state index is 0.136. The summed E-state index contributed by atoms with van der Waals surface area (Å²) in [5.74, 6) is 1.01. The maximum atomic E-state index is 12.2. The van der Waals surface area contributed by atoms with E-state index in [1.54, 1.807) is 14.0 Å². The zero-order valence-corrected chi connectivity index (χ0v) is 15.3. The third-order valence-corrected chi connectivity index (χ3v) is 5.14. The molecule has 0 aromatic heterocycles. The van der Waals surface area contributed by atoms with Crippen LogP contribution in [0, 0.1) is 0 Å². The van der Waals surface area contributed by atoms with Crippen LogP contribution < -0.4 is 4.74 Å². The predicted octanol–water partition coefficient (Wildman–Crippen LogP) is 3.68.